The van der Waals surface area contributed by atoms with Crippen LogP contribution in [0.15, 0.2) is 35.3 Å². The minimum absolute atomic E-state index is 0. The fraction of sp³-hybridized carbons (Fsp3) is 0.611. The molecule has 130 valence electrons. The first-order chi connectivity index (χ1) is 10.7. The summed E-state index contributed by atoms with van der Waals surface area (Å²) in [4.78, 5) is 6.78. The maximum Gasteiger partial charge on any atom is 0.191 e. The Morgan fingerprint density at radius 3 is 2.70 bits per heavy atom. The molecule has 0 aromatic heterocycles. The Morgan fingerprint density at radius 1 is 1.30 bits per heavy atom. The van der Waals surface area contributed by atoms with Gasteiger partial charge in [0.1, 0.15) is 0 Å². The summed E-state index contributed by atoms with van der Waals surface area (Å²) in [5.74, 6) is 1.70. The second-order valence-corrected chi connectivity index (χ2v) is 6.45. The van der Waals surface area contributed by atoms with Gasteiger partial charge >= 0.3 is 0 Å². The van der Waals surface area contributed by atoms with E-state index in [0.717, 1.165) is 37.9 Å². The third-order valence-electron chi connectivity index (χ3n) is 4.12. The number of hydrogen-bond donors (Lipinski definition) is 2. The molecule has 5 heteroatoms. The summed E-state index contributed by atoms with van der Waals surface area (Å²) in [5, 5.41) is 6.98. The first kappa shape index (κ1) is 20.1. The number of hydrogen-bond acceptors (Lipinski definition) is 2. The summed E-state index contributed by atoms with van der Waals surface area (Å²) in [6.07, 6.45) is 3.61. The van der Waals surface area contributed by atoms with Crippen molar-refractivity contribution < 1.29 is 0 Å². The van der Waals surface area contributed by atoms with Crippen molar-refractivity contribution in [2.24, 2.45) is 10.9 Å². The van der Waals surface area contributed by atoms with Crippen LogP contribution in [-0.4, -0.2) is 38.7 Å². The van der Waals surface area contributed by atoms with Crippen molar-refractivity contribution in [1.29, 1.82) is 0 Å². The third kappa shape index (κ3) is 6.97. The van der Waals surface area contributed by atoms with Gasteiger partial charge in [0.25, 0.3) is 0 Å². The molecule has 4 nitrogen and oxygen atoms in total. The Morgan fingerprint density at radius 2 is 2.04 bits per heavy atom. The van der Waals surface area contributed by atoms with Crippen molar-refractivity contribution in [2.45, 2.75) is 39.2 Å². The van der Waals surface area contributed by atoms with Crippen molar-refractivity contribution in [2.75, 3.05) is 31.6 Å². The number of para-hydroxylation sites is 1. The molecule has 1 aliphatic rings. The van der Waals surface area contributed by atoms with Crippen LogP contribution in [0.1, 0.15) is 33.1 Å². The van der Waals surface area contributed by atoms with Gasteiger partial charge in [-0.05, 0) is 37.3 Å². The van der Waals surface area contributed by atoms with Crippen LogP contribution in [0.25, 0.3) is 0 Å². The summed E-state index contributed by atoms with van der Waals surface area (Å²) in [5.41, 5.74) is 1.31. The van der Waals surface area contributed by atoms with E-state index in [2.05, 4.69) is 64.7 Å². The molecule has 1 aromatic rings. The summed E-state index contributed by atoms with van der Waals surface area (Å²) in [6, 6.07) is 11.1. The molecular weight excluding hydrogens is 399 g/mol. The molecular formula is C18H31IN4. The Bertz CT molecular complexity index is 461. The standard InChI is InChI=1S/C18H30N4.HI/c1-15(2)8-7-12-20-18(19-3)21-16-11-13-22(14-16)17-9-5-4-6-10-17;/h4-6,9-10,15-16H,7-8,11-14H2,1-3H3,(H2,19,20,21);1H. The van der Waals surface area contributed by atoms with Crippen molar-refractivity contribution in [3.05, 3.63) is 30.3 Å². The summed E-state index contributed by atoms with van der Waals surface area (Å²) in [7, 11) is 1.85. The lowest BCUT2D eigenvalue weighted by molar-refractivity contribution is 0.546. The third-order valence-corrected chi connectivity index (χ3v) is 4.12. The van der Waals surface area contributed by atoms with Gasteiger partial charge in [-0.2, -0.15) is 0 Å². The number of guanidine groups is 1. The monoisotopic (exact) mass is 430 g/mol. The number of benzene rings is 1. The molecule has 0 amide bonds. The van der Waals surface area contributed by atoms with E-state index in [9.17, 15) is 0 Å². The van der Waals surface area contributed by atoms with E-state index in [0.29, 0.717) is 6.04 Å². The zero-order valence-corrected chi connectivity index (χ0v) is 16.9. The number of rotatable bonds is 6. The molecule has 1 aliphatic heterocycles. The fourth-order valence-electron chi connectivity index (χ4n) is 2.86. The molecule has 2 N–H and O–H groups in total. The Balaban J connectivity index is 0.00000264. The molecule has 23 heavy (non-hydrogen) atoms. The smallest absolute Gasteiger partial charge is 0.191 e. The summed E-state index contributed by atoms with van der Waals surface area (Å²) in [6.45, 7) is 7.67. The molecule has 0 radical (unpaired) electrons. The van der Waals surface area contributed by atoms with Crippen LogP contribution in [0, 0.1) is 5.92 Å². The highest BCUT2D eigenvalue weighted by molar-refractivity contribution is 14.0. The number of anilines is 1. The molecule has 0 saturated carbocycles. The lowest BCUT2D eigenvalue weighted by atomic mass is 10.1. The van der Waals surface area contributed by atoms with Crippen molar-refractivity contribution >= 4 is 35.6 Å². The van der Waals surface area contributed by atoms with Gasteiger partial charge in [-0.25, -0.2) is 0 Å². The van der Waals surface area contributed by atoms with E-state index in [-0.39, 0.29) is 24.0 Å². The second-order valence-electron chi connectivity index (χ2n) is 6.45. The second kappa shape index (κ2) is 10.7. The predicted octanol–water partition coefficient (Wildman–Crippen LogP) is 3.48. The molecule has 0 spiro atoms. The topological polar surface area (TPSA) is 39.7 Å². The molecule has 0 aliphatic carbocycles. The number of aliphatic imine (C=N–C) groups is 1. The highest BCUT2D eigenvalue weighted by atomic mass is 127. The summed E-state index contributed by atoms with van der Waals surface area (Å²) < 4.78 is 0. The maximum atomic E-state index is 4.34. The first-order valence-corrected chi connectivity index (χ1v) is 8.46. The minimum atomic E-state index is 0. The van der Waals surface area contributed by atoms with Gasteiger partial charge < -0.3 is 15.5 Å². The van der Waals surface area contributed by atoms with Crippen LogP contribution in [0.5, 0.6) is 0 Å². The number of halogens is 1. The Hall–Kier alpha value is -0.980. The lowest BCUT2D eigenvalue weighted by Gasteiger charge is -2.20. The lowest BCUT2D eigenvalue weighted by Crippen LogP contribution is -2.44. The van der Waals surface area contributed by atoms with Gasteiger partial charge in [-0.3, -0.25) is 4.99 Å². The van der Waals surface area contributed by atoms with Crippen LogP contribution >= 0.6 is 24.0 Å². The first-order valence-electron chi connectivity index (χ1n) is 8.46. The normalized spacial score (nSPS) is 18.0. The van der Waals surface area contributed by atoms with Crippen LogP contribution < -0.4 is 15.5 Å². The highest BCUT2D eigenvalue weighted by Crippen LogP contribution is 2.19. The van der Waals surface area contributed by atoms with E-state index >= 15 is 0 Å². The molecule has 1 atom stereocenters. The Labute approximate surface area is 158 Å². The van der Waals surface area contributed by atoms with Crippen molar-refractivity contribution in [1.82, 2.24) is 10.6 Å². The van der Waals surface area contributed by atoms with Gasteiger partial charge in [0.05, 0.1) is 0 Å². The average molecular weight is 430 g/mol. The predicted molar refractivity (Wildman–Crippen MR) is 111 cm³/mol. The Kier molecular flexibility index (Phi) is 9.36. The quantitative estimate of drug-likeness (QED) is 0.314. The average Bonchev–Trinajstić information content (AvgIpc) is 2.99. The summed E-state index contributed by atoms with van der Waals surface area (Å²) >= 11 is 0. The molecule has 1 saturated heterocycles. The SMILES string of the molecule is CN=C(NCCCC(C)C)NC1CCN(c2ccccc2)C1.I. The van der Waals surface area contributed by atoms with Gasteiger partial charge in [-0.15, -0.1) is 24.0 Å². The van der Waals surface area contributed by atoms with Gasteiger partial charge in [0, 0.05) is 38.4 Å². The zero-order valence-electron chi connectivity index (χ0n) is 14.6. The van der Waals surface area contributed by atoms with Gasteiger partial charge in [0.15, 0.2) is 5.96 Å². The van der Waals surface area contributed by atoms with Gasteiger partial charge in [0.2, 0.25) is 0 Å². The van der Waals surface area contributed by atoms with E-state index < -0.39 is 0 Å². The van der Waals surface area contributed by atoms with E-state index in [1.165, 1.54) is 18.5 Å². The molecule has 0 bridgehead atoms. The number of nitrogens with zero attached hydrogens (tertiary/aromatic N) is 2. The molecule has 1 fully saturated rings. The van der Waals surface area contributed by atoms with E-state index in [1.54, 1.807) is 0 Å². The highest BCUT2D eigenvalue weighted by Gasteiger charge is 2.23. The molecule has 1 unspecified atom stereocenters. The van der Waals surface area contributed by atoms with E-state index in [1.807, 2.05) is 7.05 Å². The number of nitrogens with one attached hydrogen (secondary N) is 2. The zero-order chi connectivity index (χ0) is 15.8. The van der Waals surface area contributed by atoms with Crippen LogP contribution in [0.3, 0.4) is 0 Å². The molecule has 1 heterocycles. The molecule has 2 rings (SSSR count). The van der Waals surface area contributed by atoms with Crippen molar-refractivity contribution in [3.8, 4) is 0 Å². The molecule has 1 aromatic carbocycles. The van der Waals surface area contributed by atoms with Gasteiger partial charge in [-0.1, -0.05) is 32.0 Å². The van der Waals surface area contributed by atoms with Crippen LogP contribution in [0.4, 0.5) is 5.69 Å². The van der Waals surface area contributed by atoms with Crippen LogP contribution in [0.2, 0.25) is 0 Å². The largest absolute Gasteiger partial charge is 0.369 e. The minimum Gasteiger partial charge on any atom is -0.369 e. The van der Waals surface area contributed by atoms with Crippen molar-refractivity contribution in [3.63, 3.8) is 0 Å². The van der Waals surface area contributed by atoms with E-state index in [4.69, 9.17) is 0 Å². The van der Waals surface area contributed by atoms with Crippen LogP contribution in [-0.2, 0) is 0 Å². The fourth-order valence-corrected chi connectivity index (χ4v) is 2.86. The maximum absolute atomic E-state index is 4.34.